The molecule has 2 aliphatic heterocycles. The molecule has 0 bridgehead atoms. The van der Waals surface area contributed by atoms with Crippen LogP contribution >= 0.6 is 0 Å². The van der Waals surface area contributed by atoms with Crippen molar-refractivity contribution in [3.8, 4) is 11.5 Å². The van der Waals surface area contributed by atoms with Gasteiger partial charge < -0.3 is 24.4 Å². The highest BCUT2D eigenvalue weighted by atomic mass is 16.7. The average Bonchev–Trinajstić information content (AvgIpc) is 3.09. The Balaban J connectivity index is 1.54. The quantitative estimate of drug-likeness (QED) is 0.907. The van der Waals surface area contributed by atoms with Gasteiger partial charge in [-0.05, 0) is 25.1 Å². The summed E-state index contributed by atoms with van der Waals surface area (Å²) in [6, 6.07) is 6.94. The summed E-state index contributed by atoms with van der Waals surface area (Å²) in [4.78, 5) is 23.5. The maximum absolute atomic E-state index is 12.6. The van der Waals surface area contributed by atoms with E-state index in [1.807, 2.05) is 11.8 Å². The highest BCUT2D eigenvalue weighted by molar-refractivity contribution is 6.03. The average molecular weight is 342 g/mol. The predicted molar refractivity (Wildman–Crippen MR) is 90.3 cm³/mol. The van der Waals surface area contributed by atoms with Gasteiger partial charge in [0.1, 0.15) is 5.69 Å². The molecule has 1 fully saturated rings. The molecule has 4 rings (SSSR count). The Kier molecular flexibility index (Phi) is 4.10. The number of fused-ring (bicyclic) bond motifs is 1. The number of aromatic nitrogens is 2. The van der Waals surface area contributed by atoms with Crippen molar-refractivity contribution < 1.29 is 19.0 Å². The third kappa shape index (κ3) is 3.34. The highest BCUT2D eigenvalue weighted by Gasteiger charge is 2.19. The van der Waals surface area contributed by atoms with Crippen molar-refractivity contribution >= 4 is 17.5 Å². The fraction of sp³-hybridized carbons (Fsp3) is 0.353. The fourth-order valence-electron chi connectivity index (χ4n) is 2.74. The Hall–Kier alpha value is -2.87. The molecule has 1 aromatic heterocycles. The van der Waals surface area contributed by atoms with Gasteiger partial charge in [0.05, 0.1) is 13.2 Å². The van der Waals surface area contributed by atoms with Crippen molar-refractivity contribution in [1.82, 2.24) is 9.97 Å². The van der Waals surface area contributed by atoms with E-state index in [4.69, 9.17) is 14.2 Å². The lowest BCUT2D eigenvalue weighted by Gasteiger charge is -2.27. The van der Waals surface area contributed by atoms with Crippen LogP contribution in [0.1, 0.15) is 16.2 Å². The van der Waals surface area contributed by atoms with Crippen molar-refractivity contribution in [3.63, 3.8) is 0 Å². The van der Waals surface area contributed by atoms with Crippen molar-refractivity contribution in [2.24, 2.45) is 0 Å². The summed E-state index contributed by atoms with van der Waals surface area (Å²) in [5.41, 5.74) is 1.69. The Morgan fingerprint density at radius 1 is 1.12 bits per heavy atom. The number of ether oxygens (including phenoxy) is 3. The SMILES string of the molecule is Cc1cc(C(=O)Nc2ccc3c(c2)OCO3)nc(N2CCOCC2)n1. The number of carbonyl (C=O) groups excluding carboxylic acids is 1. The summed E-state index contributed by atoms with van der Waals surface area (Å²) in [6.45, 7) is 4.75. The molecular weight excluding hydrogens is 324 g/mol. The van der Waals surface area contributed by atoms with Gasteiger partial charge >= 0.3 is 0 Å². The molecule has 0 aliphatic carbocycles. The lowest BCUT2D eigenvalue weighted by molar-refractivity contribution is 0.102. The molecule has 0 saturated carbocycles. The molecule has 0 unspecified atom stereocenters. The van der Waals surface area contributed by atoms with Crippen LogP contribution in [0.15, 0.2) is 24.3 Å². The van der Waals surface area contributed by atoms with E-state index in [-0.39, 0.29) is 12.7 Å². The minimum absolute atomic E-state index is 0.195. The summed E-state index contributed by atoms with van der Waals surface area (Å²) < 4.78 is 15.9. The minimum atomic E-state index is -0.293. The lowest BCUT2D eigenvalue weighted by Crippen LogP contribution is -2.37. The number of amides is 1. The van der Waals surface area contributed by atoms with Gasteiger partial charge in [0.2, 0.25) is 12.7 Å². The zero-order valence-electron chi connectivity index (χ0n) is 13.8. The summed E-state index contributed by atoms with van der Waals surface area (Å²) in [7, 11) is 0. The molecule has 3 heterocycles. The van der Waals surface area contributed by atoms with E-state index in [1.54, 1.807) is 24.3 Å². The predicted octanol–water partition coefficient (Wildman–Crippen LogP) is 1.60. The molecule has 1 N–H and O–H groups in total. The first-order chi connectivity index (χ1) is 12.2. The van der Waals surface area contributed by atoms with Gasteiger partial charge in [-0.2, -0.15) is 0 Å². The molecular formula is C17H18N4O4. The summed E-state index contributed by atoms with van der Waals surface area (Å²) in [5.74, 6) is 1.55. The van der Waals surface area contributed by atoms with Crippen molar-refractivity contribution in [3.05, 3.63) is 35.7 Å². The number of anilines is 2. The number of morpholine rings is 1. The van der Waals surface area contributed by atoms with Crippen molar-refractivity contribution in [2.75, 3.05) is 43.3 Å². The molecule has 130 valence electrons. The van der Waals surface area contributed by atoms with Gasteiger partial charge in [0.25, 0.3) is 5.91 Å². The Labute approximate surface area is 144 Å². The van der Waals surface area contributed by atoms with Crippen LogP contribution in [0.25, 0.3) is 0 Å². The number of hydrogen-bond acceptors (Lipinski definition) is 7. The van der Waals surface area contributed by atoms with E-state index < -0.39 is 0 Å². The topological polar surface area (TPSA) is 85.8 Å². The lowest BCUT2D eigenvalue weighted by atomic mass is 10.2. The second kappa shape index (κ2) is 6.56. The molecule has 2 aliphatic rings. The number of nitrogens with one attached hydrogen (secondary N) is 1. The number of hydrogen-bond donors (Lipinski definition) is 1. The fourth-order valence-corrected chi connectivity index (χ4v) is 2.74. The van der Waals surface area contributed by atoms with Gasteiger partial charge in [-0.25, -0.2) is 9.97 Å². The number of rotatable bonds is 3. The summed E-state index contributed by atoms with van der Waals surface area (Å²) >= 11 is 0. The van der Waals surface area contributed by atoms with Gasteiger partial charge in [0.15, 0.2) is 11.5 Å². The van der Waals surface area contributed by atoms with Crippen LogP contribution in [-0.2, 0) is 4.74 Å². The molecule has 0 atom stereocenters. The first-order valence-electron chi connectivity index (χ1n) is 8.08. The van der Waals surface area contributed by atoms with E-state index in [0.29, 0.717) is 55.1 Å². The number of nitrogens with zero attached hydrogens (tertiary/aromatic N) is 3. The third-order valence-electron chi connectivity index (χ3n) is 4.00. The molecule has 2 aromatic rings. The number of benzene rings is 1. The van der Waals surface area contributed by atoms with Crippen LogP contribution in [-0.4, -0.2) is 49.0 Å². The smallest absolute Gasteiger partial charge is 0.274 e. The second-order valence-corrected chi connectivity index (χ2v) is 5.82. The first-order valence-corrected chi connectivity index (χ1v) is 8.08. The molecule has 0 spiro atoms. The van der Waals surface area contributed by atoms with E-state index in [2.05, 4.69) is 15.3 Å². The normalized spacial score (nSPS) is 16.0. The van der Waals surface area contributed by atoms with Gasteiger partial charge in [-0.1, -0.05) is 0 Å². The third-order valence-corrected chi connectivity index (χ3v) is 4.00. The van der Waals surface area contributed by atoms with Crippen molar-refractivity contribution in [1.29, 1.82) is 0 Å². The summed E-state index contributed by atoms with van der Waals surface area (Å²) in [6.07, 6.45) is 0. The molecule has 1 saturated heterocycles. The van der Waals surface area contributed by atoms with Gasteiger partial charge in [-0.3, -0.25) is 4.79 Å². The number of carbonyl (C=O) groups is 1. The van der Waals surface area contributed by atoms with Crippen LogP contribution in [0, 0.1) is 6.92 Å². The molecule has 0 radical (unpaired) electrons. The zero-order valence-corrected chi connectivity index (χ0v) is 13.8. The highest BCUT2D eigenvalue weighted by Crippen LogP contribution is 2.34. The van der Waals surface area contributed by atoms with Crippen LogP contribution in [0.2, 0.25) is 0 Å². The molecule has 1 amide bonds. The van der Waals surface area contributed by atoms with Crippen LogP contribution in [0.3, 0.4) is 0 Å². The molecule has 25 heavy (non-hydrogen) atoms. The van der Waals surface area contributed by atoms with E-state index in [9.17, 15) is 4.79 Å². The Morgan fingerprint density at radius 3 is 2.76 bits per heavy atom. The maximum Gasteiger partial charge on any atom is 0.274 e. The van der Waals surface area contributed by atoms with E-state index >= 15 is 0 Å². The van der Waals surface area contributed by atoms with Gasteiger partial charge in [0, 0.05) is 30.5 Å². The zero-order chi connectivity index (χ0) is 17.2. The van der Waals surface area contributed by atoms with Crippen molar-refractivity contribution in [2.45, 2.75) is 6.92 Å². The Morgan fingerprint density at radius 2 is 1.92 bits per heavy atom. The van der Waals surface area contributed by atoms with E-state index in [0.717, 1.165) is 5.69 Å². The molecule has 8 heteroatoms. The monoisotopic (exact) mass is 342 g/mol. The molecule has 8 nitrogen and oxygen atoms in total. The first kappa shape index (κ1) is 15.6. The van der Waals surface area contributed by atoms with Crippen LogP contribution < -0.4 is 19.7 Å². The minimum Gasteiger partial charge on any atom is -0.454 e. The second-order valence-electron chi connectivity index (χ2n) is 5.82. The van der Waals surface area contributed by atoms with E-state index in [1.165, 1.54) is 0 Å². The van der Waals surface area contributed by atoms with Gasteiger partial charge in [-0.15, -0.1) is 0 Å². The van der Waals surface area contributed by atoms with Crippen LogP contribution in [0.5, 0.6) is 11.5 Å². The molecule has 1 aromatic carbocycles. The maximum atomic E-state index is 12.6. The number of aryl methyl sites for hydroxylation is 1. The largest absolute Gasteiger partial charge is 0.454 e. The Bertz CT molecular complexity index is 805. The van der Waals surface area contributed by atoms with Crippen LogP contribution in [0.4, 0.5) is 11.6 Å². The standard InChI is InChI=1S/C17H18N4O4/c1-11-8-13(20-17(18-11)21-4-6-23-7-5-21)16(22)19-12-2-3-14-15(9-12)25-10-24-14/h2-3,8-9H,4-7,10H2,1H3,(H,19,22). The summed E-state index contributed by atoms with van der Waals surface area (Å²) in [5, 5.41) is 2.84.